The van der Waals surface area contributed by atoms with Crippen LogP contribution in [0.1, 0.15) is 35.0 Å². The highest BCUT2D eigenvalue weighted by molar-refractivity contribution is 9.10. The van der Waals surface area contributed by atoms with E-state index in [1.54, 1.807) is 0 Å². The number of hydrogen-bond acceptors (Lipinski definition) is 2. The molecular weight excluding hydrogens is 344 g/mol. The second-order valence-electron chi connectivity index (χ2n) is 5.61. The van der Waals surface area contributed by atoms with E-state index in [4.69, 9.17) is 0 Å². The van der Waals surface area contributed by atoms with Crippen LogP contribution in [0.3, 0.4) is 0 Å². The maximum atomic E-state index is 3.72. The molecule has 4 heteroatoms. The maximum absolute atomic E-state index is 3.72. The molecule has 0 spiro atoms. The fraction of sp³-hybridized carbons (Fsp3) is 0.294. The van der Waals surface area contributed by atoms with E-state index < -0.39 is 0 Å². The van der Waals surface area contributed by atoms with Gasteiger partial charge in [-0.05, 0) is 54.5 Å². The third-order valence-corrected chi connectivity index (χ3v) is 5.64. The summed E-state index contributed by atoms with van der Waals surface area (Å²) in [6.07, 6.45) is 3.66. The van der Waals surface area contributed by atoms with Crippen molar-refractivity contribution in [3.8, 4) is 0 Å². The van der Waals surface area contributed by atoms with Gasteiger partial charge >= 0.3 is 0 Å². The Morgan fingerprint density at radius 3 is 3.14 bits per heavy atom. The molecule has 21 heavy (non-hydrogen) atoms. The first-order valence-electron chi connectivity index (χ1n) is 7.37. The van der Waals surface area contributed by atoms with Crippen molar-refractivity contribution in [3.63, 3.8) is 0 Å². The summed E-state index contributed by atoms with van der Waals surface area (Å²) >= 11 is 5.41. The van der Waals surface area contributed by atoms with Gasteiger partial charge < -0.3 is 10.3 Å². The van der Waals surface area contributed by atoms with E-state index in [1.165, 1.54) is 46.3 Å². The lowest BCUT2D eigenvalue weighted by atomic mass is 9.91. The summed E-state index contributed by atoms with van der Waals surface area (Å²) in [7, 11) is 0. The summed E-state index contributed by atoms with van der Waals surface area (Å²) in [6.45, 7) is 0.959. The Labute approximate surface area is 136 Å². The quantitative estimate of drug-likeness (QED) is 0.663. The number of benzene rings is 1. The van der Waals surface area contributed by atoms with Crippen LogP contribution >= 0.6 is 27.3 Å². The summed E-state index contributed by atoms with van der Waals surface area (Å²) in [5.41, 5.74) is 4.15. The monoisotopic (exact) mass is 360 g/mol. The number of fused-ring (bicyclic) bond motifs is 3. The van der Waals surface area contributed by atoms with Crippen LogP contribution in [0.4, 0.5) is 0 Å². The molecule has 0 saturated heterocycles. The molecule has 2 N–H and O–H groups in total. The number of aryl methyl sites for hydroxylation is 1. The molecular formula is C17H17BrN2S. The van der Waals surface area contributed by atoms with Crippen molar-refractivity contribution < 1.29 is 0 Å². The van der Waals surface area contributed by atoms with Crippen molar-refractivity contribution in [2.75, 3.05) is 0 Å². The zero-order chi connectivity index (χ0) is 14.2. The van der Waals surface area contributed by atoms with Gasteiger partial charge in [0.1, 0.15) is 0 Å². The molecule has 1 aliphatic rings. The zero-order valence-corrected chi connectivity index (χ0v) is 14.1. The van der Waals surface area contributed by atoms with Crippen LogP contribution in [-0.2, 0) is 13.0 Å². The molecule has 0 fully saturated rings. The van der Waals surface area contributed by atoms with Crippen LogP contribution in [0, 0.1) is 0 Å². The number of thiophene rings is 1. The van der Waals surface area contributed by atoms with Gasteiger partial charge in [-0.1, -0.05) is 22.0 Å². The van der Waals surface area contributed by atoms with Gasteiger partial charge in [-0.15, -0.1) is 11.3 Å². The SMILES string of the molecule is Brc1ccc2[nH]c3c(c2c1)CCCC3NCc1cccs1. The second kappa shape index (κ2) is 5.59. The molecule has 108 valence electrons. The van der Waals surface area contributed by atoms with Gasteiger partial charge in [-0.25, -0.2) is 0 Å². The Balaban J connectivity index is 1.66. The van der Waals surface area contributed by atoms with Gasteiger partial charge in [0.25, 0.3) is 0 Å². The fourth-order valence-corrected chi connectivity index (χ4v) is 4.29. The standard InChI is InChI=1S/C17H17BrN2S/c18-11-6-7-15-14(9-11)13-4-1-5-16(17(13)20-15)19-10-12-3-2-8-21-12/h2-3,6-9,16,19-20H,1,4-5,10H2. The van der Waals surface area contributed by atoms with Crippen molar-refractivity contribution in [1.29, 1.82) is 0 Å². The lowest BCUT2D eigenvalue weighted by Crippen LogP contribution is -2.24. The summed E-state index contributed by atoms with van der Waals surface area (Å²) in [5.74, 6) is 0. The van der Waals surface area contributed by atoms with E-state index in [0.717, 1.165) is 11.0 Å². The van der Waals surface area contributed by atoms with Crippen LogP contribution in [0.2, 0.25) is 0 Å². The minimum absolute atomic E-state index is 0.446. The number of H-pyrrole nitrogens is 1. The van der Waals surface area contributed by atoms with Gasteiger partial charge in [0.2, 0.25) is 0 Å². The molecule has 1 aliphatic carbocycles. The van der Waals surface area contributed by atoms with Crippen molar-refractivity contribution in [3.05, 3.63) is 56.3 Å². The van der Waals surface area contributed by atoms with Crippen LogP contribution in [-0.4, -0.2) is 4.98 Å². The van der Waals surface area contributed by atoms with Gasteiger partial charge in [0.15, 0.2) is 0 Å². The highest BCUT2D eigenvalue weighted by Gasteiger charge is 2.23. The molecule has 4 rings (SSSR count). The smallest absolute Gasteiger partial charge is 0.0479 e. The Morgan fingerprint density at radius 2 is 2.29 bits per heavy atom. The zero-order valence-electron chi connectivity index (χ0n) is 11.7. The van der Waals surface area contributed by atoms with Gasteiger partial charge in [0, 0.05) is 38.5 Å². The van der Waals surface area contributed by atoms with Crippen LogP contribution in [0.25, 0.3) is 10.9 Å². The van der Waals surface area contributed by atoms with E-state index in [2.05, 4.69) is 61.9 Å². The van der Waals surface area contributed by atoms with Crippen molar-refractivity contribution in [1.82, 2.24) is 10.3 Å². The highest BCUT2D eigenvalue weighted by Crippen LogP contribution is 2.36. The predicted octanol–water partition coefficient (Wildman–Crippen LogP) is 5.16. The van der Waals surface area contributed by atoms with Crippen LogP contribution < -0.4 is 5.32 Å². The Bertz CT molecular complexity index is 761. The summed E-state index contributed by atoms with van der Waals surface area (Å²) in [6, 6.07) is 11.3. The highest BCUT2D eigenvalue weighted by atomic mass is 79.9. The first-order chi connectivity index (χ1) is 10.3. The van der Waals surface area contributed by atoms with Crippen LogP contribution in [0.5, 0.6) is 0 Å². The van der Waals surface area contributed by atoms with E-state index in [1.807, 2.05) is 11.3 Å². The predicted molar refractivity (Wildman–Crippen MR) is 92.8 cm³/mol. The first kappa shape index (κ1) is 13.6. The third kappa shape index (κ3) is 2.56. The van der Waals surface area contributed by atoms with E-state index >= 15 is 0 Å². The van der Waals surface area contributed by atoms with E-state index in [-0.39, 0.29) is 0 Å². The fourth-order valence-electron chi connectivity index (χ4n) is 3.28. The number of halogens is 1. The molecule has 0 amide bonds. The van der Waals surface area contributed by atoms with E-state index in [0.29, 0.717) is 6.04 Å². The molecule has 1 atom stereocenters. The third-order valence-electron chi connectivity index (χ3n) is 4.27. The number of hydrogen-bond donors (Lipinski definition) is 2. The van der Waals surface area contributed by atoms with Crippen molar-refractivity contribution in [2.45, 2.75) is 31.8 Å². The summed E-state index contributed by atoms with van der Waals surface area (Å²) in [5, 5.41) is 7.24. The first-order valence-corrected chi connectivity index (χ1v) is 9.04. The second-order valence-corrected chi connectivity index (χ2v) is 7.56. The summed E-state index contributed by atoms with van der Waals surface area (Å²) in [4.78, 5) is 5.05. The molecule has 2 nitrogen and oxygen atoms in total. The molecule has 1 aromatic carbocycles. The molecule has 0 aliphatic heterocycles. The van der Waals surface area contributed by atoms with E-state index in [9.17, 15) is 0 Å². The molecule has 0 bridgehead atoms. The lowest BCUT2D eigenvalue weighted by Gasteiger charge is -2.23. The maximum Gasteiger partial charge on any atom is 0.0479 e. The number of nitrogens with one attached hydrogen (secondary N) is 2. The molecule has 0 saturated carbocycles. The van der Waals surface area contributed by atoms with Crippen LogP contribution in [0.15, 0.2) is 40.2 Å². The largest absolute Gasteiger partial charge is 0.357 e. The lowest BCUT2D eigenvalue weighted by molar-refractivity contribution is 0.454. The molecule has 2 heterocycles. The molecule has 3 aromatic rings. The Kier molecular flexibility index (Phi) is 3.61. The topological polar surface area (TPSA) is 27.8 Å². The average Bonchev–Trinajstić information content (AvgIpc) is 3.12. The van der Waals surface area contributed by atoms with Gasteiger partial charge in [0.05, 0.1) is 0 Å². The minimum atomic E-state index is 0.446. The number of aromatic nitrogens is 1. The van der Waals surface area contributed by atoms with Gasteiger partial charge in [-0.2, -0.15) is 0 Å². The molecule has 0 radical (unpaired) electrons. The Morgan fingerprint density at radius 1 is 1.33 bits per heavy atom. The van der Waals surface area contributed by atoms with Crippen molar-refractivity contribution in [2.24, 2.45) is 0 Å². The minimum Gasteiger partial charge on any atom is -0.357 e. The van der Waals surface area contributed by atoms with Gasteiger partial charge in [-0.3, -0.25) is 0 Å². The molecule has 1 unspecified atom stereocenters. The normalized spacial score (nSPS) is 18.0. The molecule has 2 aromatic heterocycles. The number of aromatic amines is 1. The number of rotatable bonds is 3. The summed E-state index contributed by atoms with van der Waals surface area (Å²) < 4.78 is 1.16. The van der Waals surface area contributed by atoms with Crippen molar-refractivity contribution >= 4 is 38.2 Å². The Hall–Kier alpha value is -1.10. The average molecular weight is 361 g/mol.